The van der Waals surface area contributed by atoms with Crippen LogP contribution in [0.4, 0.5) is 4.39 Å². The smallest absolute Gasteiger partial charge is 0.126 e. The van der Waals surface area contributed by atoms with Gasteiger partial charge in [-0.2, -0.15) is 0 Å². The predicted octanol–water partition coefficient (Wildman–Crippen LogP) is 2.57. The fraction of sp³-hybridized carbons (Fsp3) is 0.600. The number of nitrogens with one attached hydrogen (secondary N) is 1. The van der Waals surface area contributed by atoms with E-state index in [0.717, 1.165) is 31.5 Å². The fourth-order valence-electron chi connectivity index (χ4n) is 2.10. The van der Waals surface area contributed by atoms with Gasteiger partial charge in [0.15, 0.2) is 0 Å². The van der Waals surface area contributed by atoms with Crippen molar-refractivity contribution in [2.75, 3.05) is 40.5 Å². The second-order valence-corrected chi connectivity index (χ2v) is 4.55. The van der Waals surface area contributed by atoms with E-state index in [1.54, 1.807) is 20.3 Å². The molecule has 1 aromatic rings. The molecule has 0 aromatic heterocycles. The Labute approximate surface area is 115 Å². The van der Waals surface area contributed by atoms with Crippen LogP contribution in [0.1, 0.15) is 24.3 Å². The highest BCUT2D eigenvalue weighted by molar-refractivity contribution is 5.22. The van der Waals surface area contributed by atoms with Crippen molar-refractivity contribution in [3.63, 3.8) is 0 Å². The third-order valence-electron chi connectivity index (χ3n) is 3.12. The summed E-state index contributed by atoms with van der Waals surface area (Å²) >= 11 is 0. The molecule has 1 atom stereocenters. The van der Waals surface area contributed by atoms with E-state index in [2.05, 4.69) is 5.32 Å². The van der Waals surface area contributed by atoms with Gasteiger partial charge in [-0.05, 0) is 30.4 Å². The quantitative estimate of drug-likeness (QED) is 0.662. The second kappa shape index (κ2) is 9.89. The van der Waals surface area contributed by atoms with Crippen LogP contribution in [0.3, 0.4) is 0 Å². The van der Waals surface area contributed by atoms with Gasteiger partial charge in [-0.1, -0.05) is 18.2 Å². The van der Waals surface area contributed by atoms with Crippen LogP contribution in [0.25, 0.3) is 0 Å². The van der Waals surface area contributed by atoms with Gasteiger partial charge in [0, 0.05) is 33.9 Å². The highest BCUT2D eigenvalue weighted by Gasteiger charge is 2.14. The summed E-state index contributed by atoms with van der Waals surface area (Å²) in [4.78, 5) is 0. The van der Waals surface area contributed by atoms with Crippen molar-refractivity contribution in [2.24, 2.45) is 0 Å². The van der Waals surface area contributed by atoms with E-state index in [1.807, 2.05) is 12.1 Å². The Morgan fingerprint density at radius 3 is 2.58 bits per heavy atom. The molecule has 1 N–H and O–H groups in total. The van der Waals surface area contributed by atoms with E-state index < -0.39 is 0 Å². The zero-order valence-electron chi connectivity index (χ0n) is 11.8. The highest BCUT2D eigenvalue weighted by atomic mass is 19.1. The number of rotatable bonds is 10. The van der Waals surface area contributed by atoms with Crippen LogP contribution in [0.5, 0.6) is 0 Å². The first-order chi connectivity index (χ1) is 9.29. The van der Waals surface area contributed by atoms with Gasteiger partial charge in [-0.15, -0.1) is 0 Å². The molecule has 0 aliphatic rings. The lowest BCUT2D eigenvalue weighted by Crippen LogP contribution is -2.25. The van der Waals surface area contributed by atoms with Gasteiger partial charge in [0.1, 0.15) is 5.82 Å². The average molecular weight is 269 g/mol. The van der Waals surface area contributed by atoms with Crippen LogP contribution in [0.15, 0.2) is 24.3 Å². The van der Waals surface area contributed by atoms with Crippen LogP contribution >= 0.6 is 0 Å². The molecule has 1 unspecified atom stereocenters. The van der Waals surface area contributed by atoms with Crippen molar-refractivity contribution < 1.29 is 13.9 Å². The molecule has 0 saturated heterocycles. The molecule has 0 fully saturated rings. The summed E-state index contributed by atoms with van der Waals surface area (Å²) in [5.41, 5.74) is 0.781. The SMILES string of the molecule is COCCCC(CNCCOC)c1ccccc1F. The molecule has 0 bridgehead atoms. The molecule has 0 aliphatic carbocycles. The Bertz CT molecular complexity index is 347. The predicted molar refractivity (Wildman–Crippen MR) is 75.0 cm³/mol. The molecule has 1 aromatic carbocycles. The van der Waals surface area contributed by atoms with E-state index in [0.29, 0.717) is 13.2 Å². The topological polar surface area (TPSA) is 30.5 Å². The summed E-state index contributed by atoms with van der Waals surface area (Å²) in [5, 5.41) is 3.31. The average Bonchev–Trinajstić information content (AvgIpc) is 2.42. The lowest BCUT2D eigenvalue weighted by molar-refractivity contribution is 0.188. The van der Waals surface area contributed by atoms with Crippen molar-refractivity contribution in [3.05, 3.63) is 35.6 Å². The molecule has 3 nitrogen and oxygen atoms in total. The van der Waals surface area contributed by atoms with Crippen LogP contribution in [-0.4, -0.2) is 40.5 Å². The maximum absolute atomic E-state index is 13.8. The fourth-order valence-corrected chi connectivity index (χ4v) is 2.10. The summed E-state index contributed by atoms with van der Waals surface area (Å²) < 4.78 is 23.9. The minimum Gasteiger partial charge on any atom is -0.385 e. The van der Waals surface area contributed by atoms with Crippen LogP contribution in [0.2, 0.25) is 0 Å². The first-order valence-electron chi connectivity index (χ1n) is 6.72. The van der Waals surface area contributed by atoms with Crippen molar-refractivity contribution in [1.29, 1.82) is 0 Å². The van der Waals surface area contributed by atoms with Crippen LogP contribution in [0, 0.1) is 5.82 Å². The number of benzene rings is 1. The number of methoxy groups -OCH3 is 2. The first-order valence-corrected chi connectivity index (χ1v) is 6.72. The Kier molecular flexibility index (Phi) is 8.38. The van der Waals surface area contributed by atoms with Gasteiger partial charge in [0.2, 0.25) is 0 Å². The Hall–Kier alpha value is -0.970. The molecular weight excluding hydrogens is 245 g/mol. The molecule has 0 spiro atoms. The molecular formula is C15H24FNO2. The van der Waals surface area contributed by atoms with E-state index in [-0.39, 0.29) is 11.7 Å². The van der Waals surface area contributed by atoms with Gasteiger partial charge in [-0.3, -0.25) is 0 Å². The second-order valence-electron chi connectivity index (χ2n) is 4.55. The van der Waals surface area contributed by atoms with Crippen molar-refractivity contribution in [2.45, 2.75) is 18.8 Å². The van der Waals surface area contributed by atoms with Gasteiger partial charge in [0.25, 0.3) is 0 Å². The zero-order valence-corrected chi connectivity index (χ0v) is 11.8. The number of hydrogen-bond donors (Lipinski definition) is 1. The molecule has 1 rings (SSSR count). The number of ether oxygens (including phenoxy) is 2. The summed E-state index contributed by atoms with van der Waals surface area (Å²) in [5.74, 6) is 0.0478. The van der Waals surface area contributed by atoms with Crippen molar-refractivity contribution in [3.8, 4) is 0 Å². The highest BCUT2D eigenvalue weighted by Crippen LogP contribution is 2.23. The number of halogens is 1. The maximum Gasteiger partial charge on any atom is 0.126 e. The Balaban J connectivity index is 2.55. The Morgan fingerprint density at radius 2 is 1.89 bits per heavy atom. The van der Waals surface area contributed by atoms with Crippen LogP contribution < -0.4 is 5.32 Å². The van der Waals surface area contributed by atoms with Gasteiger partial charge < -0.3 is 14.8 Å². The molecule has 108 valence electrons. The molecule has 0 aliphatic heterocycles. The summed E-state index contributed by atoms with van der Waals surface area (Å²) in [6.45, 7) is 2.92. The minimum absolute atomic E-state index is 0.126. The van der Waals surface area contributed by atoms with E-state index in [1.165, 1.54) is 6.07 Å². The van der Waals surface area contributed by atoms with E-state index in [9.17, 15) is 4.39 Å². The standard InChI is InChI=1S/C15H24FNO2/c1-18-10-5-6-13(12-17-9-11-19-2)14-7-3-4-8-15(14)16/h3-4,7-8,13,17H,5-6,9-12H2,1-2H3. The molecule has 0 heterocycles. The van der Waals surface area contributed by atoms with Crippen molar-refractivity contribution in [1.82, 2.24) is 5.32 Å². The number of hydrogen-bond acceptors (Lipinski definition) is 3. The monoisotopic (exact) mass is 269 g/mol. The molecule has 0 saturated carbocycles. The largest absolute Gasteiger partial charge is 0.385 e. The minimum atomic E-state index is -0.126. The lowest BCUT2D eigenvalue weighted by atomic mass is 9.93. The lowest BCUT2D eigenvalue weighted by Gasteiger charge is -2.18. The zero-order chi connectivity index (χ0) is 13.9. The summed E-state index contributed by atoms with van der Waals surface area (Å²) in [6, 6.07) is 7.00. The normalized spacial score (nSPS) is 12.6. The summed E-state index contributed by atoms with van der Waals surface area (Å²) in [6.07, 6.45) is 1.84. The van der Waals surface area contributed by atoms with Gasteiger partial charge in [0.05, 0.1) is 6.61 Å². The maximum atomic E-state index is 13.8. The van der Waals surface area contributed by atoms with Gasteiger partial charge >= 0.3 is 0 Å². The third-order valence-corrected chi connectivity index (χ3v) is 3.12. The van der Waals surface area contributed by atoms with Crippen LogP contribution in [-0.2, 0) is 9.47 Å². The first kappa shape index (κ1) is 16.1. The van der Waals surface area contributed by atoms with Crippen molar-refractivity contribution >= 4 is 0 Å². The Morgan fingerprint density at radius 1 is 1.16 bits per heavy atom. The van der Waals surface area contributed by atoms with E-state index >= 15 is 0 Å². The van der Waals surface area contributed by atoms with Gasteiger partial charge in [-0.25, -0.2) is 4.39 Å². The summed E-state index contributed by atoms with van der Waals surface area (Å²) in [7, 11) is 3.36. The third kappa shape index (κ3) is 6.14. The molecule has 19 heavy (non-hydrogen) atoms. The molecule has 0 radical (unpaired) electrons. The molecule has 4 heteroatoms. The molecule has 0 amide bonds. The van der Waals surface area contributed by atoms with E-state index in [4.69, 9.17) is 9.47 Å².